The Morgan fingerprint density at radius 1 is 1.53 bits per heavy atom. The summed E-state index contributed by atoms with van der Waals surface area (Å²) in [7, 11) is 1.61. The monoisotopic (exact) mass is 206 g/mol. The van der Waals surface area contributed by atoms with E-state index >= 15 is 0 Å². The Morgan fingerprint density at radius 2 is 2.40 bits per heavy atom. The summed E-state index contributed by atoms with van der Waals surface area (Å²) in [6.07, 6.45) is 4.56. The van der Waals surface area contributed by atoms with Crippen molar-refractivity contribution < 1.29 is 9.84 Å². The van der Waals surface area contributed by atoms with E-state index in [0.717, 1.165) is 23.9 Å². The third-order valence-electron chi connectivity index (χ3n) is 2.40. The van der Waals surface area contributed by atoms with Gasteiger partial charge in [0.15, 0.2) is 0 Å². The number of fused-ring (bicyclic) bond motifs is 1. The van der Waals surface area contributed by atoms with Crippen LogP contribution in [-0.2, 0) is 6.54 Å². The summed E-state index contributed by atoms with van der Waals surface area (Å²) < 4.78 is 7.17. The van der Waals surface area contributed by atoms with Crippen LogP contribution >= 0.6 is 0 Å². The van der Waals surface area contributed by atoms with Crippen molar-refractivity contribution in [3.8, 4) is 5.88 Å². The first kappa shape index (κ1) is 9.98. The molecule has 2 rings (SSSR count). The molecule has 80 valence electrons. The van der Waals surface area contributed by atoms with Crippen LogP contribution in [0.15, 0.2) is 24.5 Å². The van der Waals surface area contributed by atoms with Crippen molar-refractivity contribution in [3.05, 3.63) is 24.5 Å². The molecule has 0 fully saturated rings. The zero-order chi connectivity index (χ0) is 10.7. The molecule has 4 heteroatoms. The molecule has 2 aromatic rings. The van der Waals surface area contributed by atoms with E-state index in [4.69, 9.17) is 9.84 Å². The Kier molecular flexibility index (Phi) is 2.87. The van der Waals surface area contributed by atoms with Crippen molar-refractivity contribution in [3.63, 3.8) is 0 Å². The maximum absolute atomic E-state index is 8.79. The number of nitrogens with zero attached hydrogens (tertiary/aromatic N) is 2. The zero-order valence-electron chi connectivity index (χ0n) is 8.68. The molecule has 2 aromatic heterocycles. The van der Waals surface area contributed by atoms with E-state index in [9.17, 15) is 0 Å². The summed E-state index contributed by atoms with van der Waals surface area (Å²) in [4.78, 5) is 4.13. The van der Waals surface area contributed by atoms with E-state index < -0.39 is 0 Å². The fourth-order valence-corrected chi connectivity index (χ4v) is 1.61. The molecule has 15 heavy (non-hydrogen) atoms. The van der Waals surface area contributed by atoms with Gasteiger partial charge in [0.2, 0.25) is 5.88 Å². The fourth-order valence-electron chi connectivity index (χ4n) is 1.61. The van der Waals surface area contributed by atoms with Crippen molar-refractivity contribution in [2.24, 2.45) is 0 Å². The quantitative estimate of drug-likeness (QED) is 0.823. The number of rotatable bonds is 4. The average Bonchev–Trinajstić information content (AvgIpc) is 2.68. The van der Waals surface area contributed by atoms with Gasteiger partial charge < -0.3 is 14.4 Å². The van der Waals surface area contributed by atoms with Gasteiger partial charge in [-0.1, -0.05) is 0 Å². The molecule has 0 aliphatic carbocycles. The van der Waals surface area contributed by atoms with E-state index in [-0.39, 0.29) is 6.61 Å². The molecular formula is C11H14N2O2. The van der Waals surface area contributed by atoms with Crippen molar-refractivity contribution in [2.45, 2.75) is 13.0 Å². The van der Waals surface area contributed by atoms with Gasteiger partial charge in [-0.05, 0) is 12.5 Å². The highest BCUT2D eigenvalue weighted by atomic mass is 16.5. The van der Waals surface area contributed by atoms with Crippen molar-refractivity contribution in [2.75, 3.05) is 13.7 Å². The number of aliphatic hydroxyl groups is 1. The van der Waals surface area contributed by atoms with Gasteiger partial charge in [0, 0.05) is 37.0 Å². The lowest BCUT2D eigenvalue weighted by Gasteiger charge is -2.04. The normalized spacial score (nSPS) is 10.8. The SMILES string of the molecule is COc1cc2c(ccn2CCCO)cn1. The van der Waals surface area contributed by atoms with E-state index in [1.807, 2.05) is 18.3 Å². The van der Waals surface area contributed by atoms with Crippen LogP contribution in [0.1, 0.15) is 6.42 Å². The number of aromatic nitrogens is 2. The number of aryl methyl sites for hydroxylation is 1. The molecular weight excluding hydrogens is 192 g/mol. The van der Waals surface area contributed by atoms with Gasteiger partial charge in [0.1, 0.15) is 0 Å². The summed E-state index contributed by atoms with van der Waals surface area (Å²) >= 11 is 0. The van der Waals surface area contributed by atoms with Gasteiger partial charge >= 0.3 is 0 Å². The smallest absolute Gasteiger partial charge is 0.215 e. The van der Waals surface area contributed by atoms with E-state index in [2.05, 4.69) is 9.55 Å². The number of ether oxygens (including phenoxy) is 1. The summed E-state index contributed by atoms with van der Waals surface area (Å²) in [6, 6.07) is 3.92. The summed E-state index contributed by atoms with van der Waals surface area (Å²) in [5.74, 6) is 0.617. The van der Waals surface area contributed by atoms with Gasteiger partial charge in [0.05, 0.1) is 12.6 Å². The molecule has 0 aromatic carbocycles. The molecule has 0 saturated carbocycles. The van der Waals surface area contributed by atoms with Crippen LogP contribution in [0.3, 0.4) is 0 Å². The third kappa shape index (κ3) is 1.94. The molecule has 0 saturated heterocycles. The second-order valence-corrected chi connectivity index (χ2v) is 3.37. The van der Waals surface area contributed by atoms with Crippen LogP contribution in [0, 0.1) is 0 Å². The van der Waals surface area contributed by atoms with Gasteiger partial charge in [-0.3, -0.25) is 0 Å². The molecule has 0 amide bonds. The van der Waals surface area contributed by atoms with Crippen LogP contribution in [0.4, 0.5) is 0 Å². The van der Waals surface area contributed by atoms with Gasteiger partial charge in [-0.2, -0.15) is 0 Å². The van der Waals surface area contributed by atoms with Crippen LogP contribution in [0.25, 0.3) is 10.9 Å². The fraction of sp³-hybridized carbons (Fsp3) is 0.364. The zero-order valence-corrected chi connectivity index (χ0v) is 8.68. The summed E-state index contributed by atoms with van der Waals surface area (Å²) in [5, 5.41) is 9.88. The lowest BCUT2D eigenvalue weighted by molar-refractivity contribution is 0.280. The minimum absolute atomic E-state index is 0.210. The number of hydrogen-bond donors (Lipinski definition) is 1. The first-order chi connectivity index (χ1) is 7.35. The molecule has 0 aliphatic rings. The molecule has 0 atom stereocenters. The van der Waals surface area contributed by atoms with Crippen molar-refractivity contribution in [1.82, 2.24) is 9.55 Å². The van der Waals surface area contributed by atoms with E-state index in [1.165, 1.54) is 0 Å². The molecule has 0 radical (unpaired) electrons. The Bertz CT molecular complexity index is 451. The van der Waals surface area contributed by atoms with Crippen molar-refractivity contribution in [1.29, 1.82) is 0 Å². The predicted octanol–water partition coefficient (Wildman–Crippen LogP) is 1.43. The minimum Gasteiger partial charge on any atom is -0.481 e. The maximum Gasteiger partial charge on any atom is 0.215 e. The Morgan fingerprint density at radius 3 is 3.13 bits per heavy atom. The second kappa shape index (κ2) is 4.31. The van der Waals surface area contributed by atoms with Gasteiger partial charge in [0.25, 0.3) is 0 Å². The lowest BCUT2D eigenvalue weighted by atomic mass is 10.3. The van der Waals surface area contributed by atoms with E-state index in [0.29, 0.717) is 5.88 Å². The predicted molar refractivity (Wildman–Crippen MR) is 58.0 cm³/mol. The second-order valence-electron chi connectivity index (χ2n) is 3.37. The highest BCUT2D eigenvalue weighted by Crippen LogP contribution is 2.19. The summed E-state index contributed by atoms with van der Waals surface area (Å²) in [5.41, 5.74) is 1.09. The molecule has 1 N–H and O–H groups in total. The molecule has 0 unspecified atom stereocenters. The average molecular weight is 206 g/mol. The Balaban J connectivity index is 2.38. The van der Waals surface area contributed by atoms with Gasteiger partial charge in [-0.15, -0.1) is 0 Å². The Hall–Kier alpha value is -1.55. The maximum atomic E-state index is 8.79. The van der Waals surface area contributed by atoms with Crippen LogP contribution in [0.2, 0.25) is 0 Å². The first-order valence-electron chi connectivity index (χ1n) is 4.95. The number of aliphatic hydroxyl groups excluding tert-OH is 1. The Labute approximate surface area is 88.1 Å². The molecule has 0 aliphatic heterocycles. The molecule has 2 heterocycles. The third-order valence-corrected chi connectivity index (χ3v) is 2.40. The topological polar surface area (TPSA) is 47.3 Å². The highest BCUT2D eigenvalue weighted by molar-refractivity contribution is 5.80. The lowest BCUT2D eigenvalue weighted by Crippen LogP contribution is -1.98. The highest BCUT2D eigenvalue weighted by Gasteiger charge is 2.02. The number of hydrogen-bond acceptors (Lipinski definition) is 3. The number of methoxy groups -OCH3 is 1. The first-order valence-corrected chi connectivity index (χ1v) is 4.95. The molecule has 0 spiro atoms. The minimum atomic E-state index is 0.210. The van der Waals surface area contributed by atoms with Crippen LogP contribution in [0.5, 0.6) is 5.88 Å². The molecule has 0 bridgehead atoms. The molecule has 4 nitrogen and oxygen atoms in total. The standard InChI is InChI=1S/C11H14N2O2/c1-15-11-7-10-9(8-12-11)3-5-13(10)4-2-6-14/h3,5,7-8,14H,2,4,6H2,1H3. The van der Waals surface area contributed by atoms with Crippen molar-refractivity contribution >= 4 is 10.9 Å². The van der Waals surface area contributed by atoms with E-state index in [1.54, 1.807) is 13.3 Å². The van der Waals surface area contributed by atoms with Crippen LogP contribution < -0.4 is 4.74 Å². The van der Waals surface area contributed by atoms with Gasteiger partial charge in [-0.25, -0.2) is 4.98 Å². The summed E-state index contributed by atoms with van der Waals surface area (Å²) in [6.45, 7) is 1.02. The van der Waals surface area contributed by atoms with Crippen LogP contribution in [-0.4, -0.2) is 28.4 Å². The number of pyridine rings is 1. The largest absolute Gasteiger partial charge is 0.481 e.